The summed E-state index contributed by atoms with van der Waals surface area (Å²) in [6.45, 7) is 3.04. The molecule has 4 heteroatoms. The summed E-state index contributed by atoms with van der Waals surface area (Å²) in [5.41, 5.74) is 1.71. The lowest BCUT2D eigenvalue weighted by atomic mass is 10.0. The number of amides is 1. The Bertz CT molecular complexity index is 657. The lowest BCUT2D eigenvalue weighted by Crippen LogP contribution is -2.51. The van der Waals surface area contributed by atoms with Crippen molar-refractivity contribution in [3.63, 3.8) is 0 Å². The van der Waals surface area contributed by atoms with Gasteiger partial charge in [0.15, 0.2) is 0 Å². The van der Waals surface area contributed by atoms with E-state index in [1.807, 2.05) is 30.0 Å². The number of carbonyl (C=O) groups excluding carboxylic acids is 1. The van der Waals surface area contributed by atoms with E-state index in [2.05, 4.69) is 12.1 Å². The molecule has 0 bridgehead atoms. The van der Waals surface area contributed by atoms with E-state index in [1.165, 1.54) is 29.8 Å². The van der Waals surface area contributed by atoms with Gasteiger partial charge in [0.05, 0.1) is 18.8 Å². The molecule has 0 N–H and O–H groups in total. The van der Waals surface area contributed by atoms with E-state index < -0.39 is 0 Å². The van der Waals surface area contributed by atoms with E-state index in [-0.39, 0.29) is 23.9 Å². The highest BCUT2D eigenvalue weighted by Gasteiger charge is 2.30. The lowest BCUT2D eigenvalue weighted by molar-refractivity contribution is -0.0464. The quantitative estimate of drug-likeness (QED) is 0.870. The largest absolute Gasteiger partial charge is 0.374 e. The van der Waals surface area contributed by atoms with E-state index in [9.17, 15) is 9.18 Å². The first kappa shape index (κ1) is 15.7. The Morgan fingerprint density at radius 3 is 2.57 bits per heavy atom. The molecule has 0 aromatic heterocycles. The van der Waals surface area contributed by atoms with Crippen molar-refractivity contribution in [2.24, 2.45) is 0 Å². The molecule has 2 atom stereocenters. The highest BCUT2D eigenvalue weighted by atomic mass is 19.1. The molecule has 1 saturated heterocycles. The third-order valence-corrected chi connectivity index (χ3v) is 4.16. The van der Waals surface area contributed by atoms with E-state index in [1.54, 1.807) is 0 Å². The summed E-state index contributed by atoms with van der Waals surface area (Å²) in [5, 5.41) is 0. The maximum Gasteiger partial charge on any atom is 0.254 e. The van der Waals surface area contributed by atoms with Crippen LogP contribution in [0.25, 0.3) is 0 Å². The predicted octanol–water partition coefficient (Wildman–Crippen LogP) is 3.30. The summed E-state index contributed by atoms with van der Waals surface area (Å²) in [6.07, 6.45) is 0.763. The van der Waals surface area contributed by atoms with Gasteiger partial charge in [-0.25, -0.2) is 4.39 Å². The first-order valence-corrected chi connectivity index (χ1v) is 7.85. The van der Waals surface area contributed by atoms with Crippen LogP contribution in [-0.4, -0.2) is 36.1 Å². The summed E-state index contributed by atoms with van der Waals surface area (Å²) in [7, 11) is 0. The van der Waals surface area contributed by atoms with Crippen LogP contribution in [0.5, 0.6) is 0 Å². The Balaban J connectivity index is 1.70. The molecule has 23 heavy (non-hydrogen) atoms. The molecular formula is C19H20FNO2. The number of hydrogen-bond donors (Lipinski definition) is 0. The fraction of sp³-hybridized carbons (Fsp3) is 0.316. The number of hydrogen-bond acceptors (Lipinski definition) is 2. The number of benzene rings is 2. The minimum absolute atomic E-state index is 0.0135. The zero-order chi connectivity index (χ0) is 16.2. The van der Waals surface area contributed by atoms with Crippen molar-refractivity contribution in [3.05, 3.63) is 71.5 Å². The third-order valence-electron chi connectivity index (χ3n) is 4.16. The molecule has 1 heterocycles. The average molecular weight is 313 g/mol. The summed E-state index contributed by atoms with van der Waals surface area (Å²) >= 11 is 0. The molecule has 0 saturated carbocycles. The van der Waals surface area contributed by atoms with Crippen LogP contribution in [0.15, 0.2) is 54.6 Å². The number of morpholine rings is 1. The van der Waals surface area contributed by atoms with Crippen molar-refractivity contribution >= 4 is 5.91 Å². The van der Waals surface area contributed by atoms with E-state index in [0.29, 0.717) is 18.7 Å². The van der Waals surface area contributed by atoms with Crippen LogP contribution >= 0.6 is 0 Å². The molecule has 0 radical (unpaired) electrons. The van der Waals surface area contributed by atoms with Crippen LogP contribution in [0.4, 0.5) is 4.39 Å². The van der Waals surface area contributed by atoms with E-state index in [4.69, 9.17) is 4.74 Å². The molecule has 1 amide bonds. The van der Waals surface area contributed by atoms with Gasteiger partial charge in [0.25, 0.3) is 5.91 Å². The van der Waals surface area contributed by atoms with Crippen molar-refractivity contribution in [3.8, 4) is 0 Å². The number of nitrogens with zero attached hydrogens (tertiary/aromatic N) is 1. The normalized spacial score (nSPS) is 21.2. The number of ether oxygens (including phenoxy) is 1. The van der Waals surface area contributed by atoms with Gasteiger partial charge in [0.1, 0.15) is 5.82 Å². The Kier molecular flexibility index (Phi) is 4.72. The second kappa shape index (κ2) is 6.92. The lowest BCUT2D eigenvalue weighted by Gasteiger charge is -2.38. The fourth-order valence-electron chi connectivity index (χ4n) is 2.86. The summed E-state index contributed by atoms with van der Waals surface area (Å²) in [4.78, 5) is 14.5. The molecule has 3 nitrogen and oxygen atoms in total. The summed E-state index contributed by atoms with van der Waals surface area (Å²) in [6, 6.07) is 15.8. The zero-order valence-electron chi connectivity index (χ0n) is 13.1. The molecule has 2 aromatic carbocycles. The van der Waals surface area contributed by atoms with Crippen LogP contribution in [-0.2, 0) is 11.2 Å². The smallest absolute Gasteiger partial charge is 0.254 e. The minimum Gasteiger partial charge on any atom is -0.374 e. The molecule has 1 aliphatic heterocycles. The SMILES string of the molecule is CC1COC(Cc2ccccc2)CN1C(=O)c1ccc(F)cc1. The van der Waals surface area contributed by atoms with Crippen LogP contribution in [0, 0.1) is 5.82 Å². The molecule has 120 valence electrons. The molecule has 0 aliphatic carbocycles. The Hall–Kier alpha value is -2.20. The maximum atomic E-state index is 13.0. The summed E-state index contributed by atoms with van der Waals surface area (Å²) < 4.78 is 18.9. The molecule has 3 rings (SSSR count). The molecular weight excluding hydrogens is 293 g/mol. The first-order valence-electron chi connectivity index (χ1n) is 7.85. The number of rotatable bonds is 3. The van der Waals surface area contributed by atoms with Gasteiger partial charge in [-0.15, -0.1) is 0 Å². The molecule has 1 fully saturated rings. The monoisotopic (exact) mass is 313 g/mol. The third kappa shape index (κ3) is 3.77. The summed E-state index contributed by atoms with van der Waals surface area (Å²) in [5.74, 6) is -0.405. The highest BCUT2D eigenvalue weighted by molar-refractivity contribution is 5.94. The maximum absolute atomic E-state index is 13.0. The topological polar surface area (TPSA) is 29.5 Å². The van der Waals surface area contributed by atoms with Gasteiger partial charge in [-0.3, -0.25) is 4.79 Å². The van der Waals surface area contributed by atoms with E-state index in [0.717, 1.165) is 6.42 Å². The first-order chi connectivity index (χ1) is 11.1. The van der Waals surface area contributed by atoms with Crippen LogP contribution < -0.4 is 0 Å². The standard InChI is InChI=1S/C19H20FNO2/c1-14-13-23-18(11-15-5-3-2-4-6-15)12-21(14)19(22)16-7-9-17(20)10-8-16/h2-10,14,18H,11-13H2,1H3. The Morgan fingerprint density at radius 2 is 1.87 bits per heavy atom. The minimum atomic E-state index is -0.335. The van der Waals surface area contributed by atoms with Crippen molar-refractivity contribution in [2.45, 2.75) is 25.5 Å². The van der Waals surface area contributed by atoms with Gasteiger partial charge < -0.3 is 9.64 Å². The second-order valence-electron chi connectivity index (χ2n) is 5.96. The molecule has 2 unspecified atom stereocenters. The second-order valence-corrected chi connectivity index (χ2v) is 5.96. The average Bonchev–Trinajstić information content (AvgIpc) is 2.58. The van der Waals surface area contributed by atoms with Gasteiger partial charge in [0.2, 0.25) is 0 Å². The number of carbonyl (C=O) groups is 1. The van der Waals surface area contributed by atoms with Gasteiger partial charge in [-0.2, -0.15) is 0 Å². The zero-order valence-corrected chi connectivity index (χ0v) is 13.1. The van der Waals surface area contributed by atoms with Crippen molar-refractivity contribution in [1.29, 1.82) is 0 Å². The van der Waals surface area contributed by atoms with Crippen molar-refractivity contribution in [1.82, 2.24) is 4.90 Å². The molecule has 2 aromatic rings. The van der Waals surface area contributed by atoms with Crippen LogP contribution in [0.1, 0.15) is 22.8 Å². The van der Waals surface area contributed by atoms with E-state index >= 15 is 0 Å². The molecule has 0 spiro atoms. The van der Waals surface area contributed by atoms with Crippen molar-refractivity contribution in [2.75, 3.05) is 13.2 Å². The Labute approximate surface area is 135 Å². The predicted molar refractivity (Wildman–Crippen MR) is 86.8 cm³/mol. The number of halogens is 1. The van der Waals surface area contributed by atoms with Gasteiger partial charge in [0, 0.05) is 18.5 Å². The van der Waals surface area contributed by atoms with Gasteiger partial charge >= 0.3 is 0 Å². The van der Waals surface area contributed by atoms with Gasteiger partial charge in [-0.1, -0.05) is 30.3 Å². The fourth-order valence-corrected chi connectivity index (χ4v) is 2.86. The van der Waals surface area contributed by atoms with Gasteiger partial charge in [-0.05, 0) is 36.8 Å². The van der Waals surface area contributed by atoms with Crippen LogP contribution in [0.3, 0.4) is 0 Å². The van der Waals surface area contributed by atoms with Crippen LogP contribution in [0.2, 0.25) is 0 Å². The highest BCUT2D eigenvalue weighted by Crippen LogP contribution is 2.18. The Morgan fingerprint density at radius 1 is 1.17 bits per heavy atom. The molecule has 1 aliphatic rings. The van der Waals surface area contributed by atoms with Crippen molar-refractivity contribution < 1.29 is 13.9 Å².